The molecule has 3 aromatic rings. The van der Waals surface area contributed by atoms with Gasteiger partial charge in [-0.2, -0.15) is 26.3 Å². The summed E-state index contributed by atoms with van der Waals surface area (Å²) in [5.74, 6) is 0.0901. The second kappa shape index (κ2) is 8.26. The molecule has 0 aliphatic heterocycles. The second-order valence-corrected chi connectivity index (χ2v) is 8.79. The molecule has 1 atom stereocenters. The van der Waals surface area contributed by atoms with Gasteiger partial charge in [-0.1, -0.05) is 6.92 Å². The van der Waals surface area contributed by atoms with Gasteiger partial charge in [-0.3, -0.25) is 14.4 Å². The normalized spacial score (nSPS) is 13.4. The maximum Gasteiger partial charge on any atom is 0.416 e. The van der Waals surface area contributed by atoms with E-state index in [4.69, 9.17) is 0 Å². The number of anilines is 1. The van der Waals surface area contributed by atoms with E-state index in [-0.39, 0.29) is 26.3 Å². The van der Waals surface area contributed by atoms with Gasteiger partial charge in [0.2, 0.25) is 0 Å². The lowest BCUT2D eigenvalue weighted by Crippen LogP contribution is -2.28. The lowest BCUT2D eigenvalue weighted by molar-refractivity contribution is -0.138. The molecular formula is C18H12BrF6N3O2S. The fourth-order valence-corrected chi connectivity index (χ4v) is 4.16. The van der Waals surface area contributed by atoms with Gasteiger partial charge in [0.15, 0.2) is 0 Å². The average molecular weight is 528 g/mol. The molecule has 0 saturated carbocycles. The molecule has 1 aromatic heterocycles. The van der Waals surface area contributed by atoms with Gasteiger partial charge in [-0.15, -0.1) is 0 Å². The van der Waals surface area contributed by atoms with E-state index >= 15 is 0 Å². The lowest BCUT2D eigenvalue weighted by Gasteiger charge is -2.16. The summed E-state index contributed by atoms with van der Waals surface area (Å²) >= 11 is 2.94. The van der Waals surface area contributed by atoms with Crippen molar-refractivity contribution in [2.24, 2.45) is 0 Å². The fourth-order valence-electron chi connectivity index (χ4n) is 2.71. The van der Waals surface area contributed by atoms with E-state index in [0.29, 0.717) is 16.8 Å². The molecule has 0 amide bonds. The number of halogens is 7. The molecule has 0 radical (unpaired) electrons. The van der Waals surface area contributed by atoms with E-state index in [9.17, 15) is 35.3 Å². The van der Waals surface area contributed by atoms with Gasteiger partial charge in [0.1, 0.15) is 6.33 Å². The average Bonchev–Trinajstić information content (AvgIpc) is 2.68. The highest BCUT2D eigenvalue weighted by Gasteiger charge is 2.33. The van der Waals surface area contributed by atoms with Crippen LogP contribution in [0.15, 0.2) is 50.8 Å². The van der Waals surface area contributed by atoms with Gasteiger partial charge >= 0.3 is 12.4 Å². The van der Waals surface area contributed by atoms with Gasteiger partial charge in [0.05, 0.1) is 43.4 Å². The van der Waals surface area contributed by atoms with Crippen LogP contribution in [0.25, 0.3) is 10.9 Å². The summed E-state index contributed by atoms with van der Waals surface area (Å²) in [5.41, 5.74) is -1.10. The summed E-state index contributed by atoms with van der Waals surface area (Å²) in [4.78, 5) is 16.7. The Kier molecular flexibility index (Phi) is 6.20. The van der Waals surface area contributed by atoms with Crippen LogP contribution in [0.3, 0.4) is 0 Å². The smallest absolute Gasteiger partial charge is 0.289 e. The molecule has 31 heavy (non-hydrogen) atoms. The number of nitrogens with zero attached hydrogens (tertiary/aromatic N) is 2. The van der Waals surface area contributed by atoms with Crippen LogP contribution < -0.4 is 11.0 Å². The third-order valence-corrected chi connectivity index (χ3v) is 6.17. The number of aromatic nitrogens is 2. The Morgan fingerprint density at radius 2 is 1.71 bits per heavy atom. The molecule has 0 aliphatic rings. The zero-order chi connectivity index (χ0) is 23.1. The van der Waals surface area contributed by atoms with E-state index in [1.807, 2.05) is 0 Å². The third kappa shape index (κ3) is 4.76. The van der Waals surface area contributed by atoms with Crippen LogP contribution in [0.2, 0.25) is 0 Å². The van der Waals surface area contributed by atoms with Crippen LogP contribution in [-0.4, -0.2) is 19.6 Å². The van der Waals surface area contributed by atoms with Crippen LogP contribution in [0.5, 0.6) is 0 Å². The van der Waals surface area contributed by atoms with E-state index in [1.165, 1.54) is 0 Å². The zero-order valence-corrected chi connectivity index (χ0v) is 17.8. The summed E-state index contributed by atoms with van der Waals surface area (Å²) in [7, 11) is -1.69. The zero-order valence-electron chi connectivity index (χ0n) is 15.4. The number of alkyl halides is 6. The van der Waals surface area contributed by atoms with Crippen LogP contribution in [0.4, 0.5) is 32.0 Å². The molecule has 1 unspecified atom stereocenters. The fraction of sp³-hybridized carbons (Fsp3) is 0.222. The number of hydrogen-bond donors (Lipinski definition) is 1. The van der Waals surface area contributed by atoms with Crippen LogP contribution in [-0.2, 0) is 23.2 Å². The van der Waals surface area contributed by atoms with Crippen molar-refractivity contribution in [1.29, 1.82) is 0 Å². The van der Waals surface area contributed by atoms with Crippen molar-refractivity contribution in [2.75, 3.05) is 11.2 Å². The standard InChI is InChI=1S/C18H12BrF6N3O2S/c1-2-31(30)14-4-3-9(17(20,21)22)7-13(14)27-28-8-26-15-11(16(28)29)5-10(6-12(15)19)18(23,24)25/h3-8,27H,2H2,1H3. The first-order valence-corrected chi connectivity index (χ1v) is 10.6. The van der Waals surface area contributed by atoms with E-state index in [1.54, 1.807) is 6.92 Å². The van der Waals surface area contributed by atoms with Crippen molar-refractivity contribution >= 4 is 43.3 Å². The first-order chi connectivity index (χ1) is 14.3. The molecule has 0 saturated heterocycles. The SMILES string of the molecule is CCS(=O)c1ccc(C(F)(F)F)cc1Nn1cnc2c(Br)cc(C(F)(F)F)cc2c1=O. The van der Waals surface area contributed by atoms with Gasteiger partial charge in [0.25, 0.3) is 5.56 Å². The Balaban J connectivity index is 2.18. The predicted octanol–water partition coefficient (Wildman–Crippen LogP) is 5.20. The molecule has 1 N–H and O–H groups in total. The van der Waals surface area contributed by atoms with E-state index in [0.717, 1.165) is 24.5 Å². The molecule has 5 nitrogen and oxygen atoms in total. The second-order valence-electron chi connectivity index (χ2n) is 6.23. The van der Waals surface area contributed by atoms with Crippen molar-refractivity contribution in [3.8, 4) is 0 Å². The van der Waals surface area contributed by atoms with Crippen molar-refractivity contribution in [1.82, 2.24) is 9.66 Å². The molecule has 1 heterocycles. The quantitative estimate of drug-likeness (QED) is 0.473. The minimum atomic E-state index is -4.73. The Bertz CT molecular complexity index is 1240. The highest BCUT2D eigenvalue weighted by Crippen LogP contribution is 2.35. The van der Waals surface area contributed by atoms with Crippen molar-refractivity contribution in [3.63, 3.8) is 0 Å². The molecule has 13 heteroatoms. The molecule has 166 valence electrons. The Labute approximate surface area is 181 Å². The first-order valence-electron chi connectivity index (χ1n) is 8.47. The summed E-state index contributed by atoms with van der Waals surface area (Å²) in [5, 5.41) is -0.415. The molecule has 0 fully saturated rings. The minimum absolute atomic E-state index is 0.00674. The van der Waals surface area contributed by atoms with E-state index < -0.39 is 45.2 Å². The summed E-state index contributed by atoms with van der Waals surface area (Å²) in [6.45, 7) is 1.55. The molecular weight excluding hydrogens is 516 g/mol. The number of hydrogen-bond acceptors (Lipinski definition) is 4. The van der Waals surface area contributed by atoms with Crippen molar-refractivity contribution in [2.45, 2.75) is 24.2 Å². The maximum atomic E-state index is 13.1. The lowest BCUT2D eigenvalue weighted by atomic mass is 10.1. The predicted molar refractivity (Wildman–Crippen MR) is 106 cm³/mol. The Hall–Kier alpha value is -2.41. The number of nitrogens with one attached hydrogen (secondary N) is 1. The van der Waals surface area contributed by atoms with Gasteiger partial charge < -0.3 is 0 Å². The Morgan fingerprint density at radius 1 is 1.06 bits per heavy atom. The van der Waals surface area contributed by atoms with Crippen LogP contribution in [0, 0.1) is 0 Å². The van der Waals surface area contributed by atoms with Gasteiger partial charge in [-0.25, -0.2) is 9.66 Å². The first kappa shape index (κ1) is 23.3. The molecule has 0 spiro atoms. The van der Waals surface area contributed by atoms with E-state index in [2.05, 4.69) is 26.3 Å². The molecule has 0 bridgehead atoms. The highest BCUT2D eigenvalue weighted by molar-refractivity contribution is 9.10. The molecule has 3 rings (SSSR count). The molecule has 2 aromatic carbocycles. The molecule has 0 aliphatic carbocycles. The van der Waals surface area contributed by atoms with Gasteiger partial charge in [0, 0.05) is 10.2 Å². The van der Waals surface area contributed by atoms with Crippen molar-refractivity contribution < 1.29 is 30.6 Å². The number of benzene rings is 2. The van der Waals surface area contributed by atoms with Crippen LogP contribution >= 0.6 is 15.9 Å². The third-order valence-electron chi connectivity index (χ3n) is 4.20. The van der Waals surface area contributed by atoms with Gasteiger partial charge in [-0.05, 0) is 46.3 Å². The highest BCUT2D eigenvalue weighted by atomic mass is 79.9. The Morgan fingerprint density at radius 3 is 2.29 bits per heavy atom. The van der Waals surface area contributed by atoms with Crippen LogP contribution in [0.1, 0.15) is 18.1 Å². The number of fused-ring (bicyclic) bond motifs is 1. The largest absolute Gasteiger partial charge is 0.416 e. The summed E-state index contributed by atoms with van der Waals surface area (Å²) in [6.07, 6.45) is -8.52. The maximum absolute atomic E-state index is 13.1. The number of rotatable bonds is 4. The minimum Gasteiger partial charge on any atom is -0.289 e. The summed E-state index contributed by atoms with van der Waals surface area (Å²) < 4.78 is 91.5. The summed E-state index contributed by atoms with van der Waals surface area (Å²) in [6, 6.07) is 3.80. The topological polar surface area (TPSA) is 64.0 Å². The monoisotopic (exact) mass is 527 g/mol. The van der Waals surface area contributed by atoms with Crippen molar-refractivity contribution in [3.05, 3.63) is 62.6 Å².